The van der Waals surface area contributed by atoms with Gasteiger partial charge in [-0.2, -0.15) is 0 Å². The van der Waals surface area contributed by atoms with Crippen molar-refractivity contribution < 1.29 is 15.0 Å². The molecule has 1 aliphatic rings. The Morgan fingerprint density at radius 3 is 2.31 bits per heavy atom. The molecular formula is C13H24O3. The number of aliphatic hydroxyl groups is 1. The van der Waals surface area contributed by atoms with E-state index in [1.54, 1.807) is 0 Å². The van der Waals surface area contributed by atoms with Gasteiger partial charge in [0.1, 0.15) is 0 Å². The number of hydrogen-bond donors (Lipinski definition) is 2. The van der Waals surface area contributed by atoms with E-state index < -0.39 is 11.6 Å². The molecule has 2 N–H and O–H groups in total. The fourth-order valence-corrected chi connectivity index (χ4v) is 2.47. The van der Waals surface area contributed by atoms with Gasteiger partial charge in [-0.1, -0.05) is 45.4 Å². The molecule has 0 unspecified atom stereocenters. The quantitative estimate of drug-likeness (QED) is 0.628. The summed E-state index contributed by atoms with van der Waals surface area (Å²) in [5.41, 5.74) is -0.659. The molecule has 1 fully saturated rings. The zero-order chi connectivity index (χ0) is 12.0. The van der Waals surface area contributed by atoms with Crippen molar-refractivity contribution in [1.82, 2.24) is 0 Å². The Kier molecular flexibility index (Phi) is 5.26. The summed E-state index contributed by atoms with van der Waals surface area (Å²) >= 11 is 0. The Balaban J connectivity index is 2.00. The molecule has 0 saturated heterocycles. The lowest BCUT2D eigenvalue weighted by Crippen LogP contribution is -2.46. The molecule has 1 saturated carbocycles. The second kappa shape index (κ2) is 6.24. The highest BCUT2D eigenvalue weighted by molar-refractivity contribution is 5.71. The molecule has 0 aromatic carbocycles. The normalized spacial score (nSPS) is 28.8. The van der Waals surface area contributed by atoms with Crippen molar-refractivity contribution in [2.75, 3.05) is 0 Å². The van der Waals surface area contributed by atoms with Gasteiger partial charge in [-0.15, -0.1) is 0 Å². The molecule has 1 aliphatic carbocycles. The molecule has 0 spiro atoms. The van der Waals surface area contributed by atoms with Crippen molar-refractivity contribution in [3.8, 4) is 0 Å². The molecule has 0 aromatic heterocycles. The first kappa shape index (κ1) is 13.5. The summed E-state index contributed by atoms with van der Waals surface area (Å²) in [5.74, 6) is -1.06. The molecule has 3 nitrogen and oxygen atoms in total. The third kappa shape index (κ3) is 4.12. The summed E-state index contributed by atoms with van der Waals surface area (Å²) in [7, 11) is 0. The van der Waals surface area contributed by atoms with Gasteiger partial charge in [-0.3, -0.25) is 4.79 Å². The number of carbonyl (C=O) groups is 1. The van der Waals surface area contributed by atoms with E-state index in [0.29, 0.717) is 12.8 Å². The number of rotatable bonds is 8. The smallest absolute Gasteiger partial charge is 0.306 e. The average molecular weight is 228 g/mol. The van der Waals surface area contributed by atoms with E-state index in [1.165, 1.54) is 32.1 Å². The zero-order valence-corrected chi connectivity index (χ0v) is 10.2. The lowest BCUT2D eigenvalue weighted by Gasteiger charge is -2.41. The fourth-order valence-electron chi connectivity index (χ4n) is 2.47. The highest BCUT2D eigenvalue weighted by Gasteiger charge is 2.45. The van der Waals surface area contributed by atoms with Crippen LogP contribution in [0.15, 0.2) is 0 Å². The van der Waals surface area contributed by atoms with Crippen molar-refractivity contribution in [3.63, 3.8) is 0 Å². The van der Waals surface area contributed by atoms with Gasteiger partial charge in [0.15, 0.2) is 0 Å². The van der Waals surface area contributed by atoms with E-state index in [-0.39, 0.29) is 5.92 Å². The van der Waals surface area contributed by atoms with Gasteiger partial charge in [0.2, 0.25) is 0 Å². The SMILES string of the molecule is CCCCCCCCC1(O)CC(C(=O)O)C1. The lowest BCUT2D eigenvalue weighted by molar-refractivity contribution is -0.159. The molecule has 0 heterocycles. The molecule has 0 aromatic rings. The monoisotopic (exact) mass is 228 g/mol. The van der Waals surface area contributed by atoms with Crippen molar-refractivity contribution >= 4 is 5.97 Å². The second-order valence-corrected chi connectivity index (χ2v) is 5.19. The summed E-state index contributed by atoms with van der Waals surface area (Å²) in [5, 5.41) is 18.7. The summed E-state index contributed by atoms with van der Waals surface area (Å²) in [6.45, 7) is 2.20. The number of hydrogen-bond acceptors (Lipinski definition) is 2. The molecule has 1 rings (SSSR count). The van der Waals surface area contributed by atoms with Crippen molar-refractivity contribution in [2.24, 2.45) is 5.92 Å². The molecular weight excluding hydrogens is 204 g/mol. The van der Waals surface area contributed by atoms with Gasteiger partial charge in [-0.05, 0) is 19.3 Å². The maximum Gasteiger partial charge on any atom is 0.306 e. The van der Waals surface area contributed by atoms with Crippen LogP contribution in [0, 0.1) is 5.92 Å². The van der Waals surface area contributed by atoms with Crippen molar-refractivity contribution in [1.29, 1.82) is 0 Å². The topological polar surface area (TPSA) is 57.5 Å². The van der Waals surface area contributed by atoms with Crippen LogP contribution in [0.3, 0.4) is 0 Å². The van der Waals surface area contributed by atoms with Gasteiger partial charge in [-0.25, -0.2) is 0 Å². The van der Waals surface area contributed by atoms with Crippen molar-refractivity contribution in [2.45, 2.75) is 70.3 Å². The van der Waals surface area contributed by atoms with E-state index in [9.17, 15) is 9.90 Å². The maximum absolute atomic E-state index is 10.6. The first-order chi connectivity index (χ1) is 7.57. The van der Waals surface area contributed by atoms with Crippen LogP contribution in [-0.4, -0.2) is 21.8 Å². The summed E-state index contributed by atoms with van der Waals surface area (Å²) in [4.78, 5) is 10.6. The van der Waals surface area contributed by atoms with E-state index >= 15 is 0 Å². The predicted octanol–water partition coefficient (Wildman–Crippen LogP) is 2.96. The Hall–Kier alpha value is -0.570. The third-order valence-corrected chi connectivity index (χ3v) is 3.60. The molecule has 3 heteroatoms. The van der Waals surface area contributed by atoms with Crippen LogP contribution >= 0.6 is 0 Å². The minimum atomic E-state index is -0.757. The van der Waals surface area contributed by atoms with Crippen LogP contribution in [0.5, 0.6) is 0 Å². The highest BCUT2D eigenvalue weighted by atomic mass is 16.4. The molecule has 0 atom stereocenters. The van der Waals surface area contributed by atoms with Gasteiger partial charge in [0.25, 0.3) is 0 Å². The Bertz CT molecular complexity index is 219. The van der Waals surface area contributed by atoms with Crippen LogP contribution in [0.4, 0.5) is 0 Å². The molecule has 0 bridgehead atoms. The lowest BCUT2D eigenvalue weighted by atomic mass is 9.68. The summed E-state index contributed by atoms with van der Waals surface area (Å²) in [6, 6.07) is 0. The fraction of sp³-hybridized carbons (Fsp3) is 0.923. The van der Waals surface area contributed by atoms with Crippen molar-refractivity contribution in [3.05, 3.63) is 0 Å². The van der Waals surface area contributed by atoms with Crippen LogP contribution in [0.2, 0.25) is 0 Å². The Labute approximate surface area is 97.9 Å². The Morgan fingerprint density at radius 2 is 1.75 bits per heavy atom. The predicted molar refractivity (Wildman–Crippen MR) is 63.3 cm³/mol. The van der Waals surface area contributed by atoms with Gasteiger partial charge in [0, 0.05) is 0 Å². The largest absolute Gasteiger partial charge is 0.481 e. The molecule has 0 amide bonds. The molecule has 0 radical (unpaired) electrons. The van der Waals surface area contributed by atoms with Crippen LogP contribution in [-0.2, 0) is 4.79 Å². The standard InChI is InChI=1S/C13H24O3/c1-2-3-4-5-6-7-8-13(16)9-11(10-13)12(14)15/h11,16H,2-10H2,1H3,(H,14,15). The van der Waals surface area contributed by atoms with E-state index in [0.717, 1.165) is 12.8 Å². The first-order valence-corrected chi connectivity index (χ1v) is 6.52. The zero-order valence-electron chi connectivity index (χ0n) is 10.2. The number of carboxylic acids is 1. The highest BCUT2D eigenvalue weighted by Crippen LogP contribution is 2.41. The summed E-state index contributed by atoms with van der Waals surface area (Å²) < 4.78 is 0. The maximum atomic E-state index is 10.6. The van der Waals surface area contributed by atoms with E-state index in [1.807, 2.05) is 0 Å². The van der Waals surface area contributed by atoms with E-state index in [2.05, 4.69) is 6.92 Å². The Morgan fingerprint density at radius 1 is 1.19 bits per heavy atom. The number of aliphatic carboxylic acids is 1. The molecule has 16 heavy (non-hydrogen) atoms. The van der Waals surface area contributed by atoms with Crippen LogP contribution in [0.1, 0.15) is 64.7 Å². The van der Waals surface area contributed by atoms with Crippen LogP contribution in [0.25, 0.3) is 0 Å². The average Bonchev–Trinajstić information content (AvgIpc) is 2.19. The van der Waals surface area contributed by atoms with Gasteiger partial charge in [0.05, 0.1) is 11.5 Å². The van der Waals surface area contributed by atoms with Gasteiger partial charge < -0.3 is 10.2 Å². The number of unbranched alkanes of at least 4 members (excludes halogenated alkanes) is 5. The third-order valence-electron chi connectivity index (χ3n) is 3.60. The van der Waals surface area contributed by atoms with Crippen LogP contribution < -0.4 is 0 Å². The van der Waals surface area contributed by atoms with Gasteiger partial charge >= 0.3 is 5.97 Å². The minimum absolute atomic E-state index is 0.301. The number of carboxylic acid groups (broad SMARTS) is 1. The first-order valence-electron chi connectivity index (χ1n) is 6.52. The minimum Gasteiger partial charge on any atom is -0.481 e. The van der Waals surface area contributed by atoms with E-state index in [4.69, 9.17) is 5.11 Å². The summed E-state index contributed by atoms with van der Waals surface area (Å²) in [6.07, 6.45) is 8.97. The second-order valence-electron chi connectivity index (χ2n) is 5.19. The molecule has 0 aliphatic heterocycles. The molecule has 94 valence electrons.